The second-order valence-corrected chi connectivity index (χ2v) is 9.82. The molecule has 1 amide bonds. The maximum absolute atomic E-state index is 13.2. The molecule has 4 rings (SSSR count). The summed E-state index contributed by atoms with van der Waals surface area (Å²) >= 11 is 13.8. The van der Waals surface area contributed by atoms with Crippen molar-refractivity contribution in [3.05, 3.63) is 75.2 Å². The first-order valence-electron chi connectivity index (χ1n) is 9.06. The van der Waals surface area contributed by atoms with Gasteiger partial charge in [0.2, 0.25) is 5.91 Å². The fourth-order valence-electron chi connectivity index (χ4n) is 3.05. The van der Waals surface area contributed by atoms with Gasteiger partial charge in [0.15, 0.2) is 8.38 Å². The van der Waals surface area contributed by atoms with E-state index in [0.717, 1.165) is 27.6 Å². The van der Waals surface area contributed by atoms with E-state index in [1.165, 1.54) is 0 Å². The zero-order valence-electron chi connectivity index (χ0n) is 15.3. The van der Waals surface area contributed by atoms with Crippen LogP contribution in [0.3, 0.4) is 0 Å². The summed E-state index contributed by atoms with van der Waals surface area (Å²) in [6, 6.07) is 13.1. The zero-order valence-corrected chi connectivity index (χ0v) is 18.5. The average Bonchev–Trinajstić information content (AvgIpc) is 3.12. The van der Waals surface area contributed by atoms with Crippen molar-refractivity contribution in [2.24, 2.45) is 0 Å². The summed E-state index contributed by atoms with van der Waals surface area (Å²) in [5, 5.41) is 7.12. The van der Waals surface area contributed by atoms with Crippen LogP contribution in [0.15, 0.2) is 54.0 Å². The lowest BCUT2D eigenvalue weighted by Gasteiger charge is -2.28. The van der Waals surface area contributed by atoms with Gasteiger partial charge in [-0.2, -0.15) is 0 Å². The Morgan fingerprint density at radius 1 is 1.14 bits per heavy atom. The number of nitrogens with one attached hydrogen (secondary N) is 1. The molecule has 3 aromatic rings. The monoisotopic (exact) mass is 465 g/mol. The van der Waals surface area contributed by atoms with E-state index in [1.807, 2.05) is 41.8 Å². The third-order valence-electron chi connectivity index (χ3n) is 4.40. The molecule has 1 atom stereocenters. The summed E-state index contributed by atoms with van der Waals surface area (Å²) in [6.45, 7) is 1.19. The van der Waals surface area contributed by atoms with E-state index in [9.17, 15) is 4.79 Å². The molecule has 2 heterocycles. The lowest BCUT2D eigenvalue weighted by molar-refractivity contribution is -0.120. The van der Waals surface area contributed by atoms with Gasteiger partial charge in [-0.15, -0.1) is 11.3 Å². The first-order chi connectivity index (χ1) is 14.1. The third-order valence-corrected chi connectivity index (χ3v) is 7.66. The molecule has 0 saturated carbocycles. The second-order valence-electron chi connectivity index (χ2n) is 6.44. The largest absolute Gasteiger partial charge is 0.333 e. The van der Waals surface area contributed by atoms with Crippen molar-refractivity contribution in [2.75, 3.05) is 13.2 Å². The van der Waals surface area contributed by atoms with Gasteiger partial charge >= 0.3 is 0 Å². The lowest BCUT2D eigenvalue weighted by atomic mass is 10.1. The van der Waals surface area contributed by atoms with Crippen LogP contribution in [-0.2, 0) is 13.8 Å². The average molecular weight is 466 g/mol. The number of carbonyl (C=O) groups excluding carboxylic acids is 1. The Balaban J connectivity index is 1.61. The summed E-state index contributed by atoms with van der Waals surface area (Å²) < 4.78 is 12.8. The van der Waals surface area contributed by atoms with Gasteiger partial charge in [0.05, 0.1) is 13.2 Å². The van der Waals surface area contributed by atoms with E-state index in [2.05, 4.69) is 5.32 Å². The molecule has 1 aliphatic rings. The molecule has 1 unspecified atom stereocenters. The highest BCUT2D eigenvalue weighted by atomic mass is 35.5. The molecule has 1 aromatic heterocycles. The first kappa shape index (κ1) is 20.8. The fourth-order valence-corrected chi connectivity index (χ4v) is 6.18. The van der Waals surface area contributed by atoms with Crippen molar-refractivity contribution < 1.29 is 13.8 Å². The van der Waals surface area contributed by atoms with Crippen LogP contribution in [0.25, 0.3) is 16.2 Å². The minimum Gasteiger partial charge on any atom is -0.333 e. The van der Waals surface area contributed by atoms with Crippen LogP contribution in [0.5, 0.6) is 0 Å². The summed E-state index contributed by atoms with van der Waals surface area (Å²) in [4.78, 5) is 13.2. The van der Waals surface area contributed by atoms with Gasteiger partial charge in [-0.05, 0) is 64.7 Å². The first-order valence-corrected chi connectivity index (χ1v) is 11.9. The molecular weight excluding hydrogens is 448 g/mol. The SMILES string of the molecule is O=C(NC=Cc1cccc(Cl)c1)C(c1csc2ccc(Cl)cc12)P1OCCCO1. The van der Waals surface area contributed by atoms with Gasteiger partial charge in [0, 0.05) is 20.9 Å². The molecule has 1 aliphatic heterocycles. The minimum absolute atomic E-state index is 0.170. The van der Waals surface area contributed by atoms with Crippen molar-refractivity contribution in [3.8, 4) is 0 Å². The number of amides is 1. The summed E-state index contributed by atoms with van der Waals surface area (Å²) in [6.07, 6.45) is 4.26. The maximum Gasteiger partial charge on any atom is 0.240 e. The molecule has 1 fully saturated rings. The maximum atomic E-state index is 13.2. The molecule has 0 spiro atoms. The Morgan fingerprint density at radius 3 is 2.72 bits per heavy atom. The number of benzene rings is 2. The Bertz CT molecular complexity index is 1050. The van der Waals surface area contributed by atoms with Crippen molar-refractivity contribution in [3.63, 3.8) is 0 Å². The highest BCUT2D eigenvalue weighted by Crippen LogP contribution is 2.56. The van der Waals surface area contributed by atoms with Crippen molar-refractivity contribution in [2.45, 2.75) is 12.1 Å². The van der Waals surface area contributed by atoms with Crippen LogP contribution in [0.4, 0.5) is 0 Å². The van der Waals surface area contributed by atoms with Crippen molar-refractivity contribution in [1.82, 2.24) is 5.32 Å². The fraction of sp³-hybridized carbons (Fsp3) is 0.190. The summed E-state index contributed by atoms with van der Waals surface area (Å²) in [5.74, 6) is -0.170. The van der Waals surface area contributed by atoms with Gasteiger partial charge in [0.25, 0.3) is 0 Å². The summed E-state index contributed by atoms with van der Waals surface area (Å²) in [7, 11) is -1.39. The molecule has 1 N–H and O–H groups in total. The van der Waals surface area contributed by atoms with E-state index < -0.39 is 14.0 Å². The third kappa shape index (κ3) is 5.00. The number of halogens is 2. The molecule has 0 radical (unpaired) electrons. The highest BCUT2D eigenvalue weighted by Gasteiger charge is 2.35. The predicted octanol–water partition coefficient (Wildman–Crippen LogP) is 6.79. The summed E-state index contributed by atoms with van der Waals surface area (Å²) in [5.41, 5.74) is 1.24. The molecule has 150 valence electrons. The van der Waals surface area contributed by atoms with Crippen molar-refractivity contribution in [1.29, 1.82) is 0 Å². The number of carbonyl (C=O) groups is 1. The van der Waals surface area contributed by atoms with Gasteiger partial charge < -0.3 is 14.4 Å². The van der Waals surface area contributed by atoms with Crippen LogP contribution >= 0.6 is 42.9 Å². The standard InChI is InChI=1S/C21H18Cl2NO3PS/c22-15-4-1-3-14(11-15)7-8-24-21(25)20(28-26-9-2-10-27-28)18-13-29-19-6-5-16(23)12-17(18)19/h1,3-8,11-13,20H,2,9-10H2,(H,24,25). The quantitative estimate of drug-likeness (QED) is 0.422. The predicted molar refractivity (Wildman–Crippen MR) is 122 cm³/mol. The molecule has 29 heavy (non-hydrogen) atoms. The number of thiophene rings is 1. The van der Waals surface area contributed by atoms with Gasteiger partial charge in [-0.1, -0.05) is 35.3 Å². The van der Waals surface area contributed by atoms with Gasteiger partial charge in [-0.3, -0.25) is 4.79 Å². The molecule has 1 saturated heterocycles. The zero-order chi connectivity index (χ0) is 20.2. The Hall–Kier alpha value is -1.46. The normalized spacial score (nSPS) is 16.3. The molecule has 4 nitrogen and oxygen atoms in total. The molecule has 0 aliphatic carbocycles. The molecular formula is C21H18Cl2NO3PS. The number of fused-ring (bicyclic) bond motifs is 1. The number of hydrogen-bond acceptors (Lipinski definition) is 4. The van der Waals surface area contributed by atoms with Crippen molar-refractivity contribution >= 4 is 65.0 Å². The number of hydrogen-bond donors (Lipinski definition) is 1. The van der Waals surface area contributed by atoms with E-state index in [4.69, 9.17) is 32.2 Å². The smallest absolute Gasteiger partial charge is 0.240 e. The molecule has 8 heteroatoms. The molecule has 2 aromatic carbocycles. The van der Waals surface area contributed by atoms with Gasteiger partial charge in [-0.25, -0.2) is 0 Å². The van der Waals surface area contributed by atoms with Crippen LogP contribution < -0.4 is 5.32 Å². The Kier molecular flexibility index (Phi) is 6.86. The Morgan fingerprint density at radius 2 is 1.93 bits per heavy atom. The Labute approximate surface area is 184 Å². The number of rotatable bonds is 5. The van der Waals surface area contributed by atoms with Crippen LogP contribution in [0.1, 0.15) is 23.2 Å². The van der Waals surface area contributed by atoms with E-state index in [-0.39, 0.29) is 5.91 Å². The second kappa shape index (κ2) is 9.57. The van der Waals surface area contributed by atoms with Gasteiger partial charge in [0.1, 0.15) is 5.66 Å². The molecule has 0 bridgehead atoms. The van der Waals surface area contributed by atoms with Crippen LogP contribution in [0.2, 0.25) is 10.0 Å². The lowest BCUT2D eigenvalue weighted by Crippen LogP contribution is -2.26. The van der Waals surface area contributed by atoms with E-state index >= 15 is 0 Å². The highest BCUT2D eigenvalue weighted by molar-refractivity contribution is 7.49. The van der Waals surface area contributed by atoms with E-state index in [1.54, 1.807) is 29.7 Å². The van der Waals surface area contributed by atoms with Crippen LogP contribution in [-0.4, -0.2) is 19.1 Å². The van der Waals surface area contributed by atoms with E-state index in [0.29, 0.717) is 23.3 Å². The minimum atomic E-state index is -1.39. The topological polar surface area (TPSA) is 47.6 Å². The van der Waals surface area contributed by atoms with Crippen LogP contribution in [0, 0.1) is 0 Å².